The van der Waals surface area contributed by atoms with Crippen molar-refractivity contribution in [3.05, 3.63) is 29.5 Å². The molecule has 1 aromatic carbocycles. The average Bonchev–Trinajstić information content (AvgIpc) is 3.37. The van der Waals surface area contributed by atoms with Gasteiger partial charge in [0.1, 0.15) is 17.0 Å². The maximum absolute atomic E-state index is 12.9. The second kappa shape index (κ2) is 9.81. The summed E-state index contributed by atoms with van der Waals surface area (Å²) in [6.07, 6.45) is 4.21. The molecule has 1 aliphatic carbocycles. The molecule has 1 saturated carbocycles. The molecule has 0 N–H and O–H groups in total. The lowest BCUT2D eigenvalue weighted by Gasteiger charge is -2.44. The quantitative estimate of drug-likeness (QED) is 0.503. The van der Waals surface area contributed by atoms with E-state index >= 15 is 0 Å². The third-order valence-corrected chi connectivity index (χ3v) is 9.63. The number of amides is 2. The van der Waals surface area contributed by atoms with Crippen molar-refractivity contribution in [2.24, 2.45) is 18.9 Å². The Morgan fingerprint density at radius 1 is 1.05 bits per heavy atom. The lowest BCUT2D eigenvalue weighted by molar-refractivity contribution is -0.0109. The molecule has 1 aromatic heterocycles. The first-order valence-electron chi connectivity index (χ1n) is 15.5. The van der Waals surface area contributed by atoms with Crippen LogP contribution in [0.4, 0.5) is 15.5 Å². The number of ether oxygens (including phenoxy) is 3. The summed E-state index contributed by atoms with van der Waals surface area (Å²) >= 11 is 0. The van der Waals surface area contributed by atoms with Gasteiger partial charge in [-0.1, -0.05) is 6.07 Å². The SMILES string of the molecule is Cc1ccc2c(c1)OC1(CCN(C(=O)OCC3CC3)CC1)c1c-2nc(N2CC[C@@H]3CN(C(=O)OC(C)(C)C)C[C@@H]32)n1C. The van der Waals surface area contributed by atoms with Crippen LogP contribution >= 0.6 is 0 Å². The highest BCUT2D eigenvalue weighted by atomic mass is 16.6. The van der Waals surface area contributed by atoms with Crippen molar-refractivity contribution >= 4 is 18.1 Å². The van der Waals surface area contributed by atoms with Crippen LogP contribution in [0.25, 0.3) is 11.3 Å². The number of aromatic nitrogens is 2. The first-order valence-corrected chi connectivity index (χ1v) is 15.5. The maximum atomic E-state index is 12.9. The number of carbonyl (C=O) groups is 2. The first-order chi connectivity index (χ1) is 20.0. The molecule has 3 saturated heterocycles. The van der Waals surface area contributed by atoms with Gasteiger partial charge in [0.2, 0.25) is 5.95 Å². The molecule has 4 fully saturated rings. The van der Waals surface area contributed by atoms with E-state index in [2.05, 4.69) is 41.6 Å². The Hall–Kier alpha value is -3.43. The smallest absolute Gasteiger partial charge is 0.410 e. The van der Waals surface area contributed by atoms with Crippen LogP contribution in [0, 0.1) is 18.8 Å². The summed E-state index contributed by atoms with van der Waals surface area (Å²) in [4.78, 5) is 37.1. The van der Waals surface area contributed by atoms with Crippen molar-refractivity contribution in [2.45, 2.75) is 77.0 Å². The predicted octanol–water partition coefficient (Wildman–Crippen LogP) is 5.07. The van der Waals surface area contributed by atoms with Crippen LogP contribution in [0.3, 0.4) is 0 Å². The monoisotopic (exact) mass is 577 g/mol. The molecule has 5 heterocycles. The number of fused-ring (bicyclic) bond motifs is 5. The average molecular weight is 578 g/mol. The third-order valence-electron chi connectivity index (χ3n) is 9.63. The first kappa shape index (κ1) is 27.4. The molecule has 2 atom stereocenters. The van der Waals surface area contributed by atoms with E-state index in [1.165, 1.54) is 0 Å². The second-order valence-electron chi connectivity index (χ2n) is 14.0. The van der Waals surface area contributed by atoms with Crippen LogP contribution in [-0.2, 0) is 22.1 Å². The van der Waals surface area contributed by atoms with E-state index in [-0.39, 0.29) is 18.2 Å². The van der Waals surface area contributed by atoms with Crippen LogP contribution in [0.15, 0.2) is 18.2 Å². The normalized spacial score (nSPS) is 24.3. The number of hydrogen-bond acceptors (Lipinski definition) is 7. The number of benzene rings is 1. The fourth-order valence-electron chi connectivity index (χ4n) is 7.26. The summed E-state index contributed by atoms with van der Waals surface area (Å²) in [6.45, 7) is 11.7. The van der Waals surface area contributed by atoms with Crippen LogP contribution in [0.5, 0.6) is 5.75 Å². The molecular formula is C32H43N5O5. The minimum absolute atomic E-state index is 0.192. The van der Waals surface area contributed by atoms with Crippen LogP contribution in [-0.4, -0.2) is 82.5 Å². The van der Waals surface area contributed by atoms with E-state index in [4.69, 9.17) is 19.2 Å². The van der Waals surface area contributed by atoms with E-state index in [1.54, 1.807) is 0 Å². The Kier molecular flexibility index (Phi) is 6.40. The van der Waals surface area contributed by atoms with Crippen LogP contribution in [0.2, 0.25) is 0 Å². The molecule has 0 radical (unpaired) electrons. The summed E-state index contributed by atoms with van der Waals surface area (Å²) in [6, 6.07) is 6.52. The highest BCUT2D eigenvalue weighted by Crippen LogP contribution is 2.51. The van der Waals surface area contributed by atoms with Gasteiger partial charge in [0.05, 0.1) is 18.3 Å². The van der Waals surface area contributed by atoms with Gasteiger partial charge in [-0.15, -0.1) is 0 Å². The molecule has 42 heavy (non-hydrogen) atoms. The van der Waals surface area contributed by atoms with Crippen molar-refractivity contribution in [3.63, 3.8) is 0 Å². The van der Waals surface area contributed by atoms with Crippen LogP contribution < -0.4 is 9.64 Å². The lowest BCUT2D eigenvalue weighted by atomic mass is 9.83. The van der Waals surface area contributed by atoms with E-state index in [0.29, 0.717) is 57.5 Å². The lowest BCUT2D eigenvalue weighted by Crippen LogP contribution is -2.50. The molecule has 226 valence electrons. The number of anilines is 1. The largest absolute Gasteiger partial charge is 0.480 e. The molecule has 2 amide bonds. The minimum Gasteiger partial charge on any atom is -0.480 e. The van der Waals surface area contributed by atoms with Crippen molar-refractivity contribution in [3.8, 4) is 17.0 Å². The summed E-state index contributed by atoms with van der Waals surface area (Å²) in [5, 5.41) is 0. The molecule has 1 spiro atoms. The summed E-state index contributed by atoms with van der Waals surface area (Å²) in [5.41, 5.74) is 3.08. The van der Waals surface area contributed by atoms with E-state index < -0.39 is 11.2 Å². The van der Waals surface area contributed by atoms with Gasteiger partial charge in [-0.3, -0.25) is 0 Å². The zero-order valence-electron chi connectivity index (χ0n) is 25.5. The standard InChI is InChI=1S/C32H43N5O5/c1-20-6-9-23-25(16-20)41-32(11-14-35(15-12-32)29(38)40-19-21-7-8-21)27-26(23)33-28(34(27)5)37-13-10-22-17-36(18-24(22)37)30(39)42-31(2,3)4/h6,9,16,21-22,24H,7-8,10-15,17-19H2,1-5H3/t22-,24+/m1/s1. The highest BCUT2D eigenvalue weighted by molar-refractivity contribution is 5.76. The van der Waals surface area contributed by atoms with Crippen molar-refractivity contribution in [1.82, 2.24) is 19.4 Å². The maximum Gasteiger partial charge on any atom is 0.410 e. The fraction of sp³-hybridized carbons (Fsp3) is 0.656. The Morgan fingerprint density at radius 3 is 2.52 bits per heavy atom. The van der Waals surface area contributed by atoms with Gasteiger partial charge in [0.25, 0.3) is 0 Å². The molecule has 0 unspecified atom stereocenters. The second-order valence-corrected chi connectivity index (χ2v) is 14.0. The molecule has 10 heteroatoms. The fourth-order valence-corrected chi connectivity index (χ4v) is 7.26. The molecule has 4 aliphatic heterocycles. The van der Waals surface area contributed by atoms with Gasteiger partial charge in [-0.25, -0.2) is 14.6 Å². The number of aryl methyl sites for hydroxylation is 1. The number of piperidine rings is 1. The summed E-state index contributed by atoms with van der Waals surface area (Å²) < 4.78 is 20.4. The third kappa shape index (κ3) is 4.76. The highest BCUT2D eigenvalue weighted by Gasteiger charge is 2.50. The Bertz CT molecular complexity index is 1400. The van der Waals surface area contributed by atoms with E-state index in [1.807, 2.05) is 30.6 Å². The number of rotatable bonds is 3. The molecule has 2 aromatic rings. The number of imidazole rings is 1. The number of likely N-dealkylation sites (tertiary alicyclic amines) is 2. The van der Waals surface area contributed by atoms with Gasteiger partial charge in [-0.05, 0) is 70.6 Å². The van der Waals surface area contributed by atoms with Crippen molar-refractivity contribution < 1.29 is 23.8 Å². The Morgan fingerprint density at radius 2 is 1.81 bits per heavy atom. The van der Waals surface area contributed by atoms with E-state index in [0.717, 1.165) is 60.0 Å². The zero-order valence-corrected chi connectivity index (χ0v) is 25.5. The molecule has 10 nitrogen and oxygen atoms in total. The Labute approximate surface area is 247 Å². The number of carbonyl (C=O) groups excluding carboxylic acids is 2. The van der Waals surface area contributed by atoms with Crippen molar-refractivity contribution in [1.29, 1.82) is 0 Å². The number of nitrogens with zero attached hydrogens (tertiary/aromatic N) is 5. The van der Waals surface area contributed by atoms with Gasteiger partial charge in [0.15, 0.2) is 5.60 Å². The van der Waals surface area contributed by atoms with Gasteiger partial charge >= 0.3 is 12.2 Å². The van der Waals surface area contributed by atoms with Gasteiger partial charge in [0, 0.05) is 64.1 Å². The number of hydrogen-bond donors (Lipinski definition) is 0. The van der Waals surface area contributed by atoms with Gasteiger partial charge < -0.3 is 33.5 Å². The van der Waals surface area contributed by atoms with Gasteiger partial charge in [-0.2, -0.15) is 0 Å². The molecule has 7 rings (SSSR count). The molecular weight excluding hydrogens is 534 g/mol. The Balaban J connectivity index is 1.17. The van der Waals surface area contributed by atoms with Crippen LogP contribution in [0.1, 0.15) is 64.1 Å². The predicted molar refractivity (Wildman–Crippen MR) is 158 cm³/mol. The van der Waals surface area contributed by atoms with Crippen molar-refractivity contribution in [2.75, 3.05) is 44.2 Å². The zero-order chi connectivity index (χ0) is 29.4. The molecule has 5 aliphatic rings. The molecule has 0 bridgehead atoms. The minimum atomic E-state index is -0.583. The topological polar surface area (TPSA) is 89.4 Å². The summed E-state index contributed by atoms with van der Waals surface area (Å²) in [7, 11) is 2.09. The van der Waals surface area contributed by atoms with E-state index in [9.17, 15) is 9.59 Å². The summed E-state index contributed by atoms with van der Waals surface area (Å²) in [5.74, 6) is 2.70.